The van der Waals surface area contributed by atoms with Crippen LogP contribution in [0.2, 0.25) is 5.02 Å². The molecule has 2 aromatic carbocycles. The Balaban J connectivity index is 1.81. The molecule has 0 aliphatic carbocycles. The molecule has 1 atom stereocenters. The minimum absolute atomic E-state index is 0.0335. The second-order valence-corrected chi connectivity index (χ2v) is 10.3. The van der Waals surface area contributed by atoms with Gasteiger partial charge in [-0.1, -0.05) is 48.9 Å². The first-order valence-corrected chi connectivity index (χ1v) is 12.2. The van der Waals surface area contributed by atoms with Crippen molar-refractivity contribution in [2.45, 2.75) is 25.8 Å². The zero-order valence-corrected chi connectivity index (χ0v) is 18.3. The van der Waals surface area contributed by atoms with Crippen LogP contribution in [0.5, 0.6) is 0 Å². The van der Waals surface area contributed by atoms with Gasteiger partial charge < -0.3 is 4.90 Å². The number of hydrogen-bond donors (Lipinski definition) is 0. The van der Waals surface area contributed by atoms with Crippen LogP contribution in [0.3, 0.4) is 0 Å². The molecule has 156 valence electrons. The van der Waals surface area contributed by atoms with Crippen LogP contribution in [0.1, 0.15) is 30.1 Å². The largest absolute Gasteiger partial charge is 0.335 e. The standard InChI is InChI=1S/C23H23ClN2O3S/c1-2-12-26(18-11-13-30(28,29)15-18)23(27)20-14-22(16-7-9-17(24)10-8-16)25-21-6-4-3-5-19(20)21/h3-10,14,18H,2,11-13,15H2,1H3. The number of carbonyl (C=O) groups excluding carboxylic acids is 1. The predicted molar refractivity (Wildman–Crippen MR) is 121 cm³/mol. The molecule has 7 heteroatoms. The van der Waals surface area contributed by atoms with Crippen molar-refractivity contribution in [3.63, 3.8) is 0 Å². The fraction of sp³-hybridized carbons (Fsp3) is 0.304. The molecule has 3 aromatic rings. The van der Waals surface area contributed by atoms with E-state index in [9.17, 15) is 13.2 Å². The van der Waals surface area contributed by atoms with Gasteiger partial charge in [0.25, 0.3) is 5.91 Å². The second kappa shape index (κ2) is 8.36. The predicted octanol–water partition coefficient (Wildman–Crippen LogP) is 4.59. The van der Waals surface area contributed by atoms with Crippen LogP contribution in [0.4, 0.5) is 0 Å². The Morgan fingerprint density at radius 3 is 2.57 bits per heavy atom. The maximum atomic E-state index is 13.7. The molecule has 1 fully saturated rings. The van der Waals surface area contributed by atoms with E-state index in [2.05, 4.69) is 0 Å². The Morgan fingerprint density at radius 2 is 1.90 bits per heavy atom. The summed E-state index contributed by atoms with van der Waals surface area (Å²) in [5.41, 5.74) is 2.82. The minimum Gasteiger partial charge on any atom is -0.335 e. The molecule has 1 saturated heterocycles. The lowest BCUT2D eigenvalue weighted by molar-refractivity contribution is 0.0699. The number of para-hydroxylation sites is 1. The van der Waals surface area contributed by atoms with Gasteiger partial charge in [0, 0.05) is 28.6 Å². The Labute approximate surface area is 181 Å². The van der Waals surface area contributed by atoms with Crippen LogP contribution in [-0.2, 0) is 9.84 Å². The summed E-state index contributed by atoms with van der Waals surface area (Å²) in [6, 6.07) is 16.4. The van der Waals surface area contributed by atoms with Crippen molar-refractivity contribution in [1.29, 1.82) is 0 Å². The number of aromatic nitrogens is 1. The second-order valence-electron chi connectivity index (χ2n) is 7.63. The van der Waals surface area contributed by atoms with Crippen molar-refractivity contribution < 1.29 is 13.2 Å². The molecule has 0 spiro atoms. The van der Waals surface area contributed by atoms with Crippen molar-refractivity contribution in [1.82, 2.24) is 9.88 Å². The van der Waals surface area contributed by atoms with E-state index in [1.165, 1.54) is 0 Å². The van der Waals surface area contributed by atoms with Crippen molar-refractivity contribution >= 4 is 38.2 Å². The van der Waals surface area contributed by atoms with Gasteiger partial charge in [-0.05, 0) is 37.1 Å². The molecular formula is C23H23ClN2O3S. The van der Waals surface area contributed by atoms with Gasteiger partial charge in [-0.3, -0.25) is 4.79 Å². The van der Waals surface area contributed by atoms with E-state index in [4.69, 9.17) is 16.6 Å². The van der Waals surface area contributed by atoms with E-state index in [0.717, 1.165) is 22.9 Å². The topological polar surface area (TPSA) is 67.3 Å². The molecule has 1 aromatic heterocycles. The maximum Gasteiger partial charge on any atom is 0.254 e. The molecule has 0 N–H and O–H groups in total. The van der Waals surface area contributed by atoms with Gasteiger partial charge in [0.15, 0.2) is 9.84 Å². The lowest BCUT2D eigenvalue weighted by Crippen LogP contribution is -2.41. The molecule has 0 radical (unpaired) electrons. The van der Waals surface area contributed by atoms with E-state index < -0.39 is 9.84 Å². The van der Waals surface area contributed by atoms with E-state index in [1.54, 1.807) is 23.1 Å². The van der Waals surface area contributed by atoms with E-state index >= 15 is 0 Å². The first-order chi connectivity index (χ1) is 14.4. The SMILES string of the molecule is CCCN(C(=O)c1cc(-c2ccc(Cl)cc2)nc2ccccc12)C1CCS(=O)(=O)C1. The number of halogens is 1. The average Bonchev–Trinajstić information content (AvgIpc) is 3.10. The van der Waals surface area contributed by atoms with Crippen molar-refractivity contribution in [2.75, 3.05) is 18.1 Å². The monoisotopic (exact) mass is 442 g/mol. The summed E-state index contributed by atoms with van der Waals surface area (Å²) in [6.07, 6.45) is 1.25. The molecule has 5 nitrogen and oxygen atoms in total. The van der Waals surface area contributed by atoms with Crippen molar-refractivity contribution in [2.24, 2.45) is 0 Å². The smallest absolute Gasteiger partial charge is 0.254 e. The highest BCUT2D eigenvalue weighted by Crippen LogP contribution is 2.28. The number of amides is 1. The third-order valence-corrected chi connectivity index (χ3v) is 7.46. The van der Waals surface area contributed by atoms with Crippen LogP contribution in [-0.4, -0.2) is 48.3 Å². The van der Waals surface area contributed by atoms with Gasteiger partial charge in [0.05, 0.1) is 28.3 Å². The lowest BCUT2D eigenvalue weighted by Gasteiger charge is -2.28. The molecule has 0 saturated carbocycles. The number of hydrogen-bond acceptors (Lipinski definition) is 4. The molecule has 2 heterocycles. The fourth-order valence-electron chi connectivity index (χ4n) is 3.99. The van der Waals surface area contributed by atoms with E-state index in [1.807, 2.05) is 43.3 Å². The highest BCUT2D eigenvalue weighted by molar-refractivity contribution is 7.91. The van der Waals surface area contributed by atoms with Gasteiger partial charge in [-0.15, -0.1) is 0 Å². The van der Waals surface area contributed by atoms with Crippen LogP contribution in [0, 0.1) is 0 Å². The molecule has 0 bridgehead atoms. The first-order valence-electron chi connectivity index (χ1n) is 10.0. The Morgan fingerprint density at radius 1 is 1.17 bits per heavy atom. The van der Waals surface area contributed by atoms with Crippen LogP contribution in [0.15, 0.2) is 54.6 Å². The third kappa shape index (κ3) is 4.20. The van der Waals surface area contributed by atoms with E-state index in [0.29, 0.717) is 29.2 Å². The summed E-state index contributed by atoms with van der Waals surface area (Å²) < 4.78 is 24.1. The van der Waals surface area contributed by atoms with Gasteiger partial charge >= 0.3 is 0 Å². The Kier molecular flexibility index (Phi) is 5.80. The molecule has 30 heavy (non-hydrogen) atoms. The summed E-state index contributed by atoms with van der Waals surface area (Å²) in [6.45, 7) is 2.51. The fourth-order valence-corrected chi connectivity index (χ4v) is 5.84. The maximum absolute atomic E-state index is 13.7. The number of sulfone groups is 1. The highest BCUT2D eigenvalue weighted by atomic mass is 35.5. The summed E-state index contributed by atoms with van der Waals surface area (Å²) >= 11 is 6.02. The number of nitrogens with zero attached hydrogens (tertiary/aromatic N) is 2. The molecule has 1 aliphatic rings. The highest BCUT2D eigenvalue weighted by Gasteiger charge is 2.35. The number of rotatable bonds is 5. The van der Waals surface area contributed by atoms with Gasteiger partial charge in [0.2, 0.25) is 0 Å². The lowest BCUT2D eigenvalue weighted by atomic mass is 10.0. The Bertz CT molecular complexity index is 1190. The molecule has 1 unspecified atom stereocenters. The van der Waals surface area contributed by atoms with Crippen molar-refractivity contribution in [3.05, 3.63) is 65.2 Å². The van der Waals surface area contributed by atoms with Crippen LogP contribution in [0.25, 0.3) is 22.2 Å². The summed E-state index contributed by atoms with van der Waals surface area (Å²) in [5, 5.41) is 1.40. The number of fused-ring (bicyclic) bond motifs is 1. The molecule has 1 aliphatic heterocycles. The molecule has 1 amide bonds. The quantitative estimate of drug-likeness (QED) is 0.579. The van der Waals surface area contributed by atoms with Gasteiger partial charge in [0.1, 0.15) is 0 Å². The number of pyridine rings is 1. The molecule has 4 rings (SSSR count). The van der Waals surface area contributed by atoms with Gasteiger partial charge in [-0.2, -0.15) is 0 Å². The Hall–Kier alpha value is -2.44. The summed E-state index contributed by atoms with van der Waals surface area (Å²) in [7, 11) is -3.09. The average molecular weight is 443 g/mol. The van der Waals surface area contributed by atoms with Crippen molar-refractivity contribution in [3.8, 4) is 11.3 Å². The summed E-state index contributed by atoms with van der Waals surface area (Å²) in [4.78, 5) is 20.1. The number of carbonyl (C=O) groups is 1. The third-order valence-electron chi connectivity index (χ3n) is 5.46. The summed E-state index contributed by atoms with van der Waals surface area (Å²) in [5.74, 6) is 0.0251. The number of benzene rings is 2. The zero-order chi connectivity index (χ0) is 21.3. The van der Waals surface area contributed by atoms with Crippen LogP contribution >= 0.6 is 11.6 Å². The van der Waals surface area contributed by atoms with E-state index in [-0.39, 0.29) is 23.5 Å². The normalized spacial score (nSPS) is 17.9. The zero-order valence-electron chi connectivity index (χ0n) is 16.7. The van der Waals surface area contributed by atoms with Gasteiger partial charge in [-0.25, -0.2) is 13.4 Å². The molecular weight excluding hydrogens is 420 g/mol. The van der Waals surface area contributed by atoms with Crippen LogP contribution < -0.4 is 0 Å². The minimum atomic E-state index is -3.09. The first kappa shape index (κ1) is 20.8.